The van der Waals surface area contributed by atoms with Gasteiger partial charge in [-0.1, -0.05) is 18.2 Å². The van der Waals surface area contributed by atoms with Crippen LogP contribution in [0.3, 0.4) is 0 Å². The van der Waals surface area contributed by atoms with E-state index in [1.165, 1.54) is 31.2 Å². The molecule has 0 bridgehead atoms. The molecule has 0 saturated heterocycles. The van der Waals surface area contributed by atoms with Crippen LogP contribution in [0.5, 0.6) is 0 Å². The SMILES string of the molecule is CC(OC(=O)/C=C/c1ccccc1[N+](=O)[O-])C(=O)Nc1cccc(C(F)(F)F)c1. The highest BCUT2D eigenvalue weighted by atomic mass is 19.4. The number of rotatable bonds is 6. The second-order valence-electron chi connectivity index (χ2n) is 5.80. The van der Waals surface area contributed by atoms with Gasteiger partial charge in [0, 0.05) is 17.8 Å². The molecule has 0 fully saturated rings. The first kappa shape index (κ1) is 21.6. The number of hydrogen-bond donors (Lipinski definition) is 1. The Balaban J connectivity index is 1.99. The number of nitro groups is 1. The fourth-order valence-electron chi connectivity index (χ4n) is 2.24. The Labute approximate surface area is 162 Å². The first-order chi connectivity index (χ1) is 13.6. The number of alkyl halides is 3. The number of halogens is 3. The van der Waals surface area contributed by atoms with Crippen molar-refractivity contribution in [3.05, 3.63) is 75.8 Å². The molecule has 2 rings (SSSR count). The Bertz CT molecular complexity index is 957. The summed E-state index contributed by atoms with van der Waals surface area (Å²) in [4.78, 5) is 34.2. The summed E-state index contributed by atoms with van der Waals surface area (Å²) in [5, 5.41) is 13.2. The van der Waals surface area contributed by atoms with E-state index in [1.807, 2.05) is 0 Å². The van der Waals surface area contributed by atoms with E-state index in [1.54, 1.807) is 6.07 Å². The monoisotopic (exact) mass is 408 g/mol. The van der Waals surface area contributed by atoms with Crippen molar-refractivity contribution in [2.75, 3.05) is 5.32 Å². The molecule has 1 unspecified atom stereocenters. The largest absolute Gasteiger partial charge is 0.449 e. The van der Waals surface area contributed by atoms with Gasteiger partial charge in [0.2, 0.25) is 0 Å². The molecule has 0 heterocycles. The standard InChI is InChI=1S/C19H15F3N2O5/c1-12(18(26)23-15-7-4-6-14(11-15)19(20,21)22)29-17(25)10-9-13-5-2-3-8-16(13)24(27)28/h2-12H,1H3,(H,23,26)/b10-9+. The van der Waals surface area contributed by atoms with E-state index in [-0.39, 0.29) is 16.9 Å². The number of anilines is 1. The van der Waals surface area contributed by atoms with Gasteiger partial charge in [0.15, 0.2) is 6.10 Å². The lowest BCUT2D eigenvalue weighted by Gasteiger charge is -2.13. The fourth-order valence-corrected chi connectivity index (χ4v) is 2.24. The highest BCUT2D eigenvalue weighted by molar-refractivity contribution is 5.96. The minimum atomic E-state index is -4.57. The number of esters is 1. The van der Waals surface area contributed by atoms with E-state index in [9.17, 15) is 32.9 Å². The number of para-hydroxylation sites is 1. The van der Waals surface area contributed by atoms with Crippen LogP contribution in [0.15, 0.2) is 54.6 Å². The van der Waals surface area contributed by atoms with Crippen LogP contribution < -0.4 is 5.32 Å². The Morgan fingerprint density at radius 2 is 1.86 bits per heavy atom. The van der Waals surface area contributed by atoms with E-state index in [0.29, 0.717) is 0 Å². The quantitative estimate of drug-likeness (QED) is 0.334. The lowest BCUT2D eigenvalue weighted by atomic mass is 10.1. The van der Waals surface area contributed by atoms with E-state index >= 15 is 0 Å². The predicted octanol–water partition coefficient (Wildman–Crippen LogP) is 4.20. The third-order valence-electron chi connectivity index (χ3n) is 3.65. The van der Waals surface area contributed by atoms with Gasteiger partial charge in [0.05, 0.1) is 16.1 Å². The van der Waals surface area contributed by atoms with Crippen LogP contribution in [-0.2, 0) is 20.5 Å². The highest BCUT2D eigenvalue weighted by Gasteiger charge is 2.30. The molecule has 0 aromatic heterocycles. The summed E-state index contributed by atoms with van der Waals surface area (Å²) in [5.41, 5.74) is -1.10. The Morgan fingerprint density at radius 1 is 1.17 bits per heavy atom. The third kappa shape index (κ3) is 6.16. The van der Waals surface area contributed by atoms with Gasteiger partial charge in [-0.15, -0.1) is 0 Å². The van der Waals surface area contributed by atoms with Crippen LogP contribution in [0.4, 0.5) is 24.5 Å². The lowest BCUT2D eigenvalue weighted by Crippen LogP contribution is -2.29. The van der Waals surface area contributed by atoms with Crippen molar-refractivity contribution in [1.82, 2.24) is 0 Å². The Hall–Kier alpha value is -3.69. The van der Waals surface area contributed by atoms with Crippen molar-refractivity contribution < 1.29 is 32.4 Å². The Morgan fingerprint density at radius 3 is 2.52 bits per heavy atom. The Kier molecular flexibility index (Phi) is 6.71. The van der Waals surface area contributed by atoms with Crippen molar-refractivity contribution in [3.63, 3.8) is 0 Å². The van der Waals surface area contributed by atoms with Gasteiger partial charge in [-0.05, 0) is 37.3 Å². The number of nitrogens with one attached hydrogen (secondary N) is 1. The summed E-state index contributed by atoms with van der Waals surface area (Å²) in [6.45, 7) is 1.24. The third-order valence-corrected chi connectivity index (χ3v) is 3.65. The molecule has 1 amide bonds. The summed E-state index contributed by atoms with van der Waals surface area (Å²) in [5.74, 6) is -1.79. The average Bonchev–Trinajstić information content (AvgIpc) is 2.66. The number of hydrogen-bond acceptors (Lipinski definition) is 5. The highest BCUT2D eigenvalue weighted by Crippen LogP contribution is 2.30. The molecule has 0 saturated carbocycles. The number of ether oxygens (including phenoxy) is 1. The molecule has 10 heteroatoms. The van der Waals surface area contributed by atoms with Crippen molar-refractivity contribution in [1.29, 1.82) is 0 Å². The van der Waals surface area contributed by atoms with E-state index in [2.05, 4.69) is 5.32 Å². The second kappa shape index (κ2) is 9.00. The van der Waals surface area contributed by atoms with Crippen LogP contribution >= 0.6 is 0 Å². The van der Waals surface area contributed by atoms with Gasteiger partial charge in [-0.3, -0.25) is 14.9 Å². The van der Waals surface area contributed by atoms with Crippen LogP contribution in [0.2, 0.25) is 0 Å². The maximum Gasteiger partial charge on any atom is 0.416 e. The zero-order valence-corrected chi connectivity index (χ0v) is 15.0. The molecule has 1 atom stereocenters. The van der Waals surface area contributed by atoms with Crippen LogP contribution in [0.1, 0.15) is 18.1 Å². The van der Waals surface area contributed by atoms with Gasteiger partial charge in [0.1, 0.15) is 0 Å². The van der Waals surface area contributed by atoms with Crippen molar-refractivity contribution in [3.8, 4) is 0 Å². The molecule has 0 spiro atoms. The molecule has 2 aromatic rings. The molecule has 29 heavy (non-hydrogen) atoms. The summed E-state index contributed by atoms with van der Waals surface area (Å²) in [6.07, 6.45) is -3.80. The molecular formula is C19H15F3N2O5. The number of nitro benzene ring substituents is 1. The van der Waals surface area contributed by atoms with Gasteiger partial charge < -0.3 is 10.1 Å². The molecule has 7 nitrogen and oxygen atoms in total. The molecule has 152 valence electrons. The van der Waals surface area contributed by atoms with E-state index in [4.69, 9.17) is 4.74 Å². The van der Waals surface area contributed by atoms with Crippen molar-refractivity contribution in [2.45, 2.75) is 19.2 Å². The first-order valence-electron chi connectivity index (χ1n) is 8.18. The molecule has 0 aliphatic carbocycles. The van der Waals surface area contributed by atoms with Crippen LogP contribution in [0, 0.1) is 10.1 Å². The summed E-state index contributed by atoms with van der Waals surface area (Å²) >= 11 is 0. The number of carbonyl (C=O) groups is 2. The van der Waals surface area contributed by atoms with Crippen molar-refractivity contribution >= 4 is 29.3 Å². The number of amides is 1. The zero-order chi connectivity index (χ0) is 21.6. The van der Waals surface area contributed by atoms with Gasteiger partial charge in [-0.2, -0.15) is 13.2 Å². The molecule has 0 aliphatic heterocycles. The molecule has 0 aliphatic rings. The maximum atomic E-state index is 12.7. The zero-order valence-electron chi connectivity index (χ0n) is 15.0. The van der Waals surface area contributed by atoms with Gasteiger partial charge >= 0.3 is 12.1 Å². The number of benzene rings is 2. The normalized spacial score (nSPS) is 12.4. The first-order valence-corrected chi connectivity index (χ1v) is 8.18. The second-order valence-corrected chi connectivity index (χ2v) is 5.80. The predicted molar refractivity (Wildman–Crippen MR) is 97.8 cm³/mol. The topological polar surface area (TPSA) is 98.5 Å². The molecule has 2 aromatic carbocycles. The minimum Gasteiger partial charge on any atom is -0.449 e. The maximum absolute atomic E-state index is 12.7. The lowest BCUT2D eigenvalue weighted by molar-refractivity contribution is -0.385. The summed E-state index contributed by atoms with van der Waals surface area (Å²) in [6, 6.07) is 9.69. The van der Waals surface area contributed by atoms with Gasteiger partial charge in [-0.25, -0.2) is 4.79 Å². The average molecular weight is 408 g/mol. The minimum absolute atomic E-state index is 0.108. The van der Waals surface area contributed by atoms with Crippen molar-refractivity contribution in [2.24, 2.45) is 0 Å². The number of nitrogens with zero attached hydrogens (tertiary/aromatic N) is 1. The van der Waals surface area contributed by atoms with E-state index < -0.39 is 34.6 Å². The van der Waals surface area contributed by atoms with Gasteiger partial charge in [0.25, 0.3) is 11.6 Å². The number of carbonyl (C=O) groups excluding carboxylic acids is 2. The van der Waals surface area contributed by atoms with E-state index in [0.717, 1.165) is 30.4 Å². The molecule has 1 N–H and O–H groups in total. The van der Waals surface area contributed by atoms with Crippen LogP contribution in [-0.4, -0.2) is 22.9 Å². The smallest absolute Gasteiger partial charge is 0.416 e. The molecular weight excluding hydrogens is 393 g/mol. The summed E-state index contributed by atoms with van der Waals surface area (Å²) < 4.78 is 43.0. The van der Waals surface area contributed by atoms with Crippen LogP contribution in [0.25, 0.3) is 6.08 Å². The summed E-state index contributed by atoms with van der Waals surface area (Å²) in [7, 11) is 0. The molecule has 0 radical (unpaired) electrons. The fraction of sp³-hybridized carbons (Fsp3) is 0.158.